The van der Waals surface area contributed by atoms with Crippen molar-refractivity contribution in [2.75, 3.05) is 13.1 Å². The first-order valence-corrected chi connectivity index (χ1v) is 9.38. The summed E-state index contributed by atoms with van der Waals surface area (Å²) in [5.74, 6) is 0.662. The summed E-state index contributed by atoms with van der Waals surface area (Å²) in [7, 11) is 0. The fourth-order valence-electron chi connectivity index (χ4n) is 4.13. The van der Waals surface area contributed by atoms with Gasteiger partial charge in [0.15, 0.2) is 0 Å². The number of amides is 2. The molecule has 2 atom stereocenters. The van der Waals surface area contributed by atoms with E-state index in [-0.39, 0.29) is 23.8 Å². The molecule has 0 saturated carbocycles. The number of nitrogens with zero attached hydrogens (tertiary/aromatic N) is 2. The number of hydrogen-bond acceptors (Lipinski definition) is 3. The molecule has 26 heavy (non-hydrogen) atoms. The van der Waals surface area contributed by atoms with E-state index < -0.39 is 0 Å². The molecule has 2 aromatic rings. The van der Waals surface area contributed by atoms with Crippen LogP contribution in [0.1, 0.15) is 43.0 Å². The molecule has 3 heterocycles. The van der Waals surface area contributed by atoms with Crippen molar-refractivity contribution in [3.8, 4) is 0 Å². The van der Waals surface area contributed by atoms with E-state index in [1.165, 1.54) is 5.56 Å². The zero-order valence-electron chi connectivity index (χ0n) is 14.8. The Kier molecular flexibility index (Phi) is 4.78. The molecule has 2 fully saturated rings. The summed E-state index contributed by atoms with van der Waals surface area (Å²) in [5.41, 5.74) is 1.19. The van der Waals surface area contributed by atoms with Crippen LogP contribution in [0.25, 0.3) is 0 Å². The molecule has 2 aliphatic rings. The largest absolute Gasteiger partial charge is 0.467 e. The van der Waals surface area contributed by atoms with Crippen molar-refractivity contribution in [1.82, 2.24) is 9.80 Å². The molecular formula is C21H24N2O3. The summed E-state index contributed by atoms with van der Waals surface area (Å²) in [4.78, 5) is 29.3. The maximum atomic E-state index is 13.2. The highest BCUT2D eigenvalue weighted by Gasteiger charge is 2.39. The lowest BCUT2D eigenvalue weighted by atomic mass is 9.93. The van der Waals surface area contributed by atoms with Gasteiger partial charge in [0.1, 0.15) is 5.76 Å². The first-order valence-electron chi connectivity index (χ1n) is 9.38. The highest BCUT2D eigenvalue weighted by molar-refractivity contribution is 5.89. The second-order valence-electron chi connectivity index (χ2n) is 7.21. The predicted octanol–water partition coefficient (Wildman–Crippen LogP) is 3.38. The summed E-state index contributed by atoms with van der Waals surface area (Å²) >= 11 is 0. The molecule has 5 nitrogen and oxygen atoms in total. The zero-order valence-corrected chi connectivity index (χ0v) is 14.8. The summed E-state index contributed by atoms with van der Waals surface area (Å²) in [6.07, 6.45) is 5.07. The van der Waals surface area contributed by atoms with Gasteiger partial charge in [-0.05, 0) is 37.0 Å². The Hall–Kier alpha value is -2.56. The van der Waals surface area contributed by atoms with Gasteiger partial charge in [-0.15, -0.1) is 0 Å². The van der Waals surface area contributed by atoms with Gasteiger partial charge in [0, 0.05) is 19.5 Å². The molecule has 0 unspecified atom stereocenters. The second kappa shape index (κ2) is 7.36. The molecule has 2 aliphatic heterocycles. The summed E-state index contributed by atoms with van der Waals surface area (Å²) in [6.45, 7) is 1.70. The van der Waals surface area contributed by atoms with Gasteiger partial charge in [-0.25, -0.2) is 0 Å². The van der Waals surface area contributed by atoms with E-state index in [4.69, 9.17) is 4.42 Å². The number of carbonyl (C=O) groups excluding carboxylic acids is 2. The smallest absolute Gasteiger partial charge is 0.228 e. The summed E-state index contributed by atoms with van der Waals surface area (Å²) in [5, 5.41) is 0. The van der Waals surface area contributed by atoms with E-state index in [2.05, 4.69) is 12.1 Å². The van der Waals surface area contributed by atoms with E-state index in [1.807, 2.05) is 35.2 Å². The van der Waals surface area contributed by atoms with Gasteiger partial charge < -0.3 is 14.2 Å². The molecule has 2 saturated heterocycles. The van der Waals surface area contributed by atoms with Gasteiger partial charge in [-0.1, -0.05) is 30.3 Å². The number of hydrogen-bond donors (Lipinski definition) is 0. The Balaban J connectivity index is 1.46. The summed E-state index contributed by atoms with van der Waals surface area (Å²) < 4.78 is 5.34. The van der Waals surface area contributed by atoms with Gasteiger partial charge in [-0.3, -0.25) is 9.59 Å². The third kappa shape index (κ3) is 3.39. The quantitative estimate of drug-likeness (QED) is 0.848. The average molecular weight is 352 g/mol. The molecule has 136 valence electrons. The van der Waals surface area contributed by atoms with Crippen molar-refractivity contribution < 1.29 is 14.0 Å². The molecule has 1 aromatic heterocycles. The van der Waals surface area contributed by atoms with Gasteiger partial charge in [-0.2, -0.15) is 0 Å². The lowest BCUT2D eigenvalue weighted by Crippen LogP contribution is -2.42. The lowest BCUT2D eigenvalue weighted by molar-refractivity contribution is -0.139. The minimum absolute atomic E-state index is 0.0352. The van der Waals surface area contributed by atoms with Crippen LogP contribution < -0.4 is 0 Å². The first kappa shape index (κ1) is 16.9. The molecule has 5 heteroatoms. The van der Waals surface area contributed by atoms with E-state index in [1.54, 1.807) is 11.2 Å². The highest BCUT2D eigenvalue weighted by Crippen LogP contribution is 2.33. The molecule has 1 aromatic carbocycles. The molecular weight excluding hydrogens is 328 g/mol. The van der Waals surface area contributed by atoms with Crippen molar-refractivity contribution in [2.24, 2.45) is 5.92 Å². The van der Waals surface area contributed by atoms with Crippen LogP contribution in [0.3, 0.4) is 0 Å². The Labute approximate surface area is 153 Å². The number of piperidine rings is 1. The SMILES string of the molecule is O=C1C[C@H](C(=O)N2CCCC[C@@H]2c2ccccc2)CN1Cc1ccco1. The third-order valence-electron chi connectivity index (χ3n) is 5.46. The number of likely N-dealkylation sites (tertiary alicyclic amines) is 2. The van der Waals surface area contributed by atoms with Crippen molar-refractivity contribution in [2.45, 2.75) is 38.3 Å². The Morgan fingerprint density at radius 3 is 2.73 bits per heavy atom. The van der Waals surface area contributed by atoms with E-state index in [0.717, 1.165) is 31.6 Å². The normalized spacial score (nSPS) is 23.5. The topological polar surface area (TPSA) is 53.8 Å². The zero-order chi connectivity index (χ0) is 17.9. The van der Waals surface area contributed by atoms with E-state index >= 15 is 0 Å². The number of rotatable bonds is 4. The second-order valence-corrected chi connectivity index (χ2v) is 7.21. The minimum Gasteiger partial charge on any atom is -0.467 e. The minimum atomic E-state index is -0.248. The van der Waals surface area contributed by atoms with Crippen molar-refractivity contribution in [3.63, 3.8) is 0 Å². The number of carbonyl (C=O) groups is 2. The number of furan rings is 1. The molecule has 0 radical (unpaired) electrons. The van der Waals surface area contributed by atoms with Crippen LogP contribution in [0.15, 0.2) is 53.1 Å². The Bertz CT molecular complexity index is 757. The van der Waals surface area contributed by atoms with E-state index in [0.29, 0.717) is 19.5 Å². The third-order valence-corrected chi connectivity index (χ3v) is 5.46. The fourth-order valence-corrected chi connectivity index (χ4v) is 4.13. The van der Waals surface area contributed by atoms with Crippen molar-refractivity contribution >= 4 is 11.8 Å². The predicted molar refractivity (Wildman–Crippen MR) is 97.0 cm³/mol. The van der Waals surface area contributed by atoms with Crippen molar-refractivity contribution in [1.29, 1.82) is 0 Å². The molecule has 0 aliphatic carbocycles. The van der Waals surface area contributed by atoms with Gasteiger partial charge in [0.2, 0.25) is 11.8 Å². The van der Waals surface area contributed by atoms with Gasteiger partial charge in [0.05, 0.1) is 24.8 Å². The molecule has 4 rings (SSSR count). The van der Waals surface area contributed by atoms with Gasteiger partial charge >= 0.3 is 0 Å². The Morgan fingerprint density at radius 1 is 1.12 bits per heavy atom. The van der Waals surface area contributed by atoms with Crippen LogP contribution in [0.2, 0.25) is 0 Å². The van der Waals surface area contributed by atoms with Crippen LogP contribution in [-0.2, 0) is 16.1 Å². The fraction of sp³-hybridized carbons (Fsp3) is 0.429. The monoisotopic (exact) mass is 352 g/mol. The lowest BCUT2D eigenvalue weighted by Gasteiger charge is -2.37. The van der Waals surface area contributed by atoms with Crippen LogP contribution in [-0.4, -0.2) is 34.7 Å². The molecule has 2 amide bonds. The van der Waals surface area contributed by atoms with Gasteiger partial charge in [0.25, 0.3) is 0 Å². The number of benzene rings is 1. The first-order chi connectivity index (χ1) is 12.7. The molecule has 0 N–H and O–H groups in total. The summed E-state index contributed by atoms with van der Waals surface area (Å²) in [6, 6.07) is 14.0. The highest BCUT2D eigenvalue weighted by atomic mass is 16.3. The standard InChI is InChI=1S/C21H24N2O3/c24-20-13-17(14-22(20)15-18-9-6-12-26-18)21(25)23-11-5-4-10-19(23)16-7-2-1-3-8-16/h1-3,6-9,12,17,19H,4-5,10-11,13-15H2/t17-,19+/m0/s1. The maximum absolute atomic E-state index is 13.2. The average Bonchev–Trinajstić information content (AvgIpc) is 3.32. The molecule has 0 spiro atoms. The van der Waals surface area contributed by atoms with Crippen molar-refractivity contribution in [3.05, 3.63) is 60.1 Å². The van der Waals surface area contributed by atoms with Crippen LogP contribution in [0, 0.1) is 5.92 Å². The van der Waals surface area contributed by atoms with E-state index in [9.17, 15) is 9.59 Å². The maximum Gasteiger partial charge on any atom is 0.228 e. The Morgan fingerprint density at radius 2 is 1.96 bits per heavy atom. The molecule has 0 bridgehead atoms. The van der Waals surface area contributed by atoms with Crippen LogP contribution in [0.4, 0.5) is 0 Å². The van der Waals surface area contributed by atoms with Crippen LogP contribution >= 0.6 is 0 Å². The van der Waals surface area contributed by atoms with Crippen LogP contribution in [0.5, 0.6) is 0 Å².